The van der Waals surface area contributed by atoms with Crippen LogP contribution < -0.4 is 10.6 Å². The molecule has 4 aromatic rings. The van der Waals surface area contributed by atoms with Crippen molar-refractivity contribution in [1.82, 2.24) is 9.97 Å². The molecule has 3 aromatic carbocycles. The van der Waals surface area contributed by atoms with Crippen molar-refractivity contribution < 1.29 is 5.11 Å². The summed E-state index contributed by atoms with van der Waals surface area (Å²) in [5.41, 5.74) is 3.00. The van der Waals surface area contributed by atoms with Gasteiger partial charge in [-0.3, -0.25) is 0 Å². The van der Waals surface area contributed by atoms with Gasteiger partial charge in [-0.2, -0.15) is 4.98 Å². The zero-order chi connectivity index (χ0) is 23.0. The second kappa shape index (κ2) is 11.2. The zero-order valence-electron chi connectivity index (χ0n) is 19.1. The summed E-state index contributed by atoms with van der Waals surface area (Å²) in [6, 6.07) is 24.7. The van der Waals surface area contributed by atoms with Crippen LogP contribution in [0.5, 0.6) is 0 Å². The molecule has 0 unspecified atom stereocenters. The van der Waals surface area contributed by atoms with Gasteiger partial charge < -0.3 is 15.7 Å². The number of aliphatic hydroxyl groups is 1. The van der Waals surface area contributed by atoms with Crippen molar-refractivity contribution in [2.75, 3.05) is 10.6 Å². The summed E-state index contributed by atoms with van der Waals surface area (Å²) in [6.45, 7) is 5.01. The Hall–Kier alpha value is -3.09. The number of nitrogens with one attached hydrogen (secondary N) is 2. The Morgan fingerprint density at radius 2 is 1.45 bits per heavy atom. The van der Waals surface area contributed by atoms with Crippen molar-refractivity contribution >= 4 is 34.4 Å². The van der Waals surface area contributed by atoms with Crippen molar-refractivity contribution in [3.05, 3.63) is 83.9 Å². The summed E-state index contributed by atoms with van der Waals surface area (Å²) < 4.78 is 0. The first-order valence-corrected chi connectivity index (χ1v) is 12.2. The Labute approximate surface area is 199 Å². The van der Waals surface area contributed by atoms with Gasteiger partial charge in [-0.25, -0.2) is 4.98 Å². The summed E-state index contributed by atoms with van der Waals surface area (Å²) in [5.74, 6) is 1.48. The van der Waals surface area contributed by atoms with E-state index in [0.717, 1.165) is 50.5 Å². The predicted octanol–water partition coefficient (Wildman–Crippen LogP) is 6.49. The van der Waals surface area contributed by atoms with E-state index in [4.69, 9.17) is 9.97 Å². The van der Waals surface area contributed by atoms with Crippen LogP contribution in [0, 0.1) is 0 Å². The number of hydrogen-bond acceptors (Lipinski definition) is 6. The van der Waals surface area contributed by atoms with E-state index in [9.17, 15) is 5.11 Å². The van der Waals surface area contributed by atoms with Gasteiger partial charge in [-0.1, -0.05) is 74.1 Å². The highest BCUT2D eigenvalue weighted by molar-refractivity contribution is 7.99. The quantitative estimate of drug-likeness (QED) is 0.252. The fourth-order valence-electron chi connectivity index (χ4n) is 3.73. The van der Waals surface area contributed by atoms with Crippen LogP contribution in [0.1, 0.15) is 37.8 Å². The van der Waals surface area contributed by atoms with Gasteiger partial charge in [0, 0.05) is 27.8 Å². The van der Waals surface area contributed by atoms with Gasteiger partial charge in [0.05, 0.1) is 12.1 Å². The van der Waals surface area contributed by atoms with Gasteiger partial charge in [0.15, 0.2) is 0 Å². The molecule has 0 aliphatic carbocycles. The topological polar surface area (TPSA) is 70.1 Å². The minimum atomic E-state index is 0.0286. The smallest absolute Gasteiger partial charge is 0.225 e. The van der Waals surface area contributed by atoms with Crippen molar-refractivity contribution in [3.8, 4) is 0 Å². The summed E-state index contributed by atoms with van der Waals surface area (Å²) >= 11 is 1.67. The maximum absolute atomic E-state index is 9.68. The van der Waals surface area contributed by atoms with E-state index < -0.39 is 0 Å². The molecular weight excluding hydrogens is 428 g/mol. The van der Waals surface area contributed by atoms with E-state index in [2.05, 4.69) is 42.7 Å². The third-order valence-corrected chi connectivity index (χ3v) is 6.94. The molecular formula is C27H30N4OS. The van der Waals surface area contributed by atoms with Gasteiger partial charge >= 0.3 is 0 Å². The predicted molar refractivity (Wildman–Crippen MR) is 138 cm³/mol. The Morgan fingerprint density at radius 3 is 2.18 bits per heavy atom. The monoisotopic (exact) mass is 458 g/mol. The Balaban J connectivity index is 1.58. The molecule has 5 nitrogen and oxygen atoms in total. The SMILES string of the molecule is CCC(CC)Nc1nc(NCc2ccccc2Sc2ccccc2CO)nc2ccccc12. The number of aromatic nitrogens is 2. The molecule has 1 aromatic heterocycles. The average molecular weight is 459 g/mol. The number of fused-ring (bicyclic) bond motifs is 1. The zero-order valence-corrected chi connectivity index (χ0v) is 19.9. The van der Waals surface area contributed by atoms with Crippen LogP contribution in [0.2, 0.25) is 0 Å². The van der Waals surface area contributed by atoms with Crippen LogP contribution in [0.15, 0.2) is 82.6 Å². The largest absolute Gasteiger partial charge is 0.392 e. The maximum Gasteiger partial charge on any atom is 0.225 e. The lowest BCUT2D eigenvalue weighted by molar-refractivity contribution is 0.279. The number of nitrogens with zero attached hydrogens (tertiary/aromatic N) is 2. The second-order valence-corrected chi connectivity index (χ2v) is 8.98. The van der Waals surface area contributed by atoms with Crippen LogP contribution in [0.3, 0.4) is 0 Å². The lowest BCUT2D eigenvalue weighted by Gasteiger charge is -2.18. The van der Waals surface area contributed by atoms with Crippen LogP contribution in [0.25, 0.3) is 10.9 Å². The lowest BCUT2D eigenvalue weighted by atomic mass is 10.1. The molecule has 0 aliphatic rings. The van der Waals surface area contributed by atoms with Crippen LogP contribution in [-0.4, -0.2) is 21.1 Å². The molecule has 33 heavy (non-hydrogen) atoms. The van der Waals surface area contributed by atoms with Crippen LogP contribution in [-0.2, 0) is 13.2 Å². The lowest BCUT2D eigenvalue weighted by Crippen LogP contribution is -2.19. The molecule has 0 saturated carbocycles. The molecule has 0 saturated heterocycles. The fraction of sp³-hybridized carbons (Fsp3) is 0.259. The molecule has 6 heteroatoms. The Kier molecular flexibility index (Phi) is 7.81. The third-order valence-electron chi connectivity index (χ3n) is 5.70. The highest BCUT2D eigenvalue weighted by atomic mass is 32.2. The van der Waals surface area contributed by atoms with E-state index in [1.54, 1.807) is 11.8 Å². The minimum absolute atomic E-state index is 0.0286. The number of aliphatic hydroxyl groups excluding tert-OH is 1. The highest BCUT2D eigenvalue weighted by Crippen LogP contribution is 2.33. The molecule has 0 atom stereocenters. The van der Waals surface area contributed by atoms with Gasteiger partial charge in [0.25, 0.3) is 0 Å². The molecule has 0 aliphatic heterocycles. The molecule has 0 amide bonds. The number of anilines is 2. The van der Waals surface area contributed by atoms with Crippen molar-refractivity contribution in [1.29, 1.82) is 0 Å². The van der Waals surface area contributed by atoms with Gasteiger partial charge in [0.2, 0.25) is 5.95 Å². The molecule has 170 valence electrons. The minimum Gasteiger partial charge on any atom is -0.392 e. The van der Waals surface area contributed by atoms with E-state index >= 15 is 0 Å². The van der Waals surface area contributed by atoms with Crippen LogP contribution in [0.4, 0.5) is 11.8 Å². The van der Waals surface area contributed by atoms with E-state index in [1.165, 1.54) is 0 Å². The maximum atomic E-state index is 9.68. The second-order valence-electron chi connectivity index (χ2n) is 7.90. The first-order valence-electron chi connectivity index (χ1n) is 11.4. The fourth-order valence-corrected chi connectivity index (χ4v) is 4.79. The summed E-state index contributed by atoms with van der Waals surface area (Å²) in [5, 5.41) is 17.7. The standard InChI is InChI=1S/C27H30N4OS/c1-3-21(4-2)29-26-22-13-7-8-14-23(22)30-27(31-26)28-17-19-11-5-9-15-24(19)33-25-16-10-6-12-20(25)18-32/h5-16,21,32H,3-4,17-18H2,1-2H3,(H2,28,29,30,31). The van der Waals surface area contributed by atoms with Gasteiger partial charge in [-0.05, 0) is 48.2 Å². The number of rotatable bonds is 10. The summed E-state index contributed by atoms with van der Waals surface area (Å²) in [4.78, 5) is 11.8. The third kappa shape index (κ3) is 5.64. The van der Waals surface area contributed by atoms with Gasteiger partial charge in [0.1, 0.15) is 5.82 Å². The molecule has 0 radical (unpaired) electrons. The normalized spacial score (nSPS) is 11.2. The Bertz CT molecular complexity index is 1210. The number of hydrogen-bond donors (Lipinski definition) is 3. The Morgan fingerprint density at radius 1 is 0.818 bits per heavy atom. The van der Waals surface area contributed by atoms with Crippen LogP contribution >= 0.6 is 11.8 Å². The molecule has 3 N–H and O–H groups in total. The molecule has 0 spiro atoms. The summed E-state index contributed by atoms with van der Waals surface area (Å²) in [7, 11) is 0. The molecule has 4 rings (SSSR count). The van der Waals surface area contributed by atoms with Gasteiger partial charge in [-0.15, -0.1) is 0 Å². The van der Waals surface area contributed by atoms with E-state index in [0.29, 0.717) is 18.5 Å². The average Bonchev–Trinajstić information content (AvgIpc) is 2.87. The first-order chi connectivity index (χ1) is 16.2. The molecule has 1 heterocycles. The first kappa shape index (κ1) is 23.1. The number of para-hydroxylation sites is 1. The highest BCUT2D eigenvalue weighted by Gasteiger charge is 2.12. The van der Waals surface area contributed by atoms with E-state index in [1.807, 2.05) is 54.6 Å². The molecule has 0 fully saturated rings. The van der Waals surface area contributed by atoms with Crippen molar-refractivity contribution in [2.45, 2.75) is 55.7 Å². The molecule has 0 bridgehead atoms. The van der Waals surface area contributed by atoms with Crippen molar-refractivity contribution in [2.24, 2.45) is 0 Å². The van der Waals surface area contributed by atoms with E-state index in [-0.39, 0.29) is 6.61 Å². The number of benzene rings is 3. The summed E-state index contributed by atoms with van der Waals surface area (Å²) in [6.07, 6.45) is 2.08. The van der Waals surface area contributed by atoms with Crippen molar-refractivity contribution in [3.63, 3.8) is 0 Å².